The number of hydrogen-bond donors (Lipinski definition) is 2. The molecule has 0 aromatic heterocycles. The van der Waals surface area contributed by atoms with E-state index >= 15 is 0 Å². The molecule has 0 bridgehead atoms. The maximum Gasteiger partial charge on any atom is 0.307 e. The van der Waals surface area contributed by atoms with Gasteiger partial charge in [-0.25, -0.2) is 13.1 Å². The van der Waals surface area contributed by atoms with E-state index in [0.717, 1.165) is 0 Å². The zero-order valence-corrected chi connectivity index (χ0v) is 13.0. The van der Waals surface area contributed by atoms with Crippen LogP contribution in [0.2, 0.25) is 5.02 Å². The van der Waals surface area contributed by atoms with E-state index in [2.05, 4.69) is 4.72 Å². The number of ether oxygens (including phenoxy) is 1. The molecule has 6 nitrogen and oxygen atoms in total. The molecule has 0 aliphatic heterocycles. The third-order valence-corrected chi connectivity index (χ3v) is 5.15. The van der Waals surface area contributed by atoms with Gasteiger partial charge in [-0.05, 0) is 31.9 Å². The number of phenolic OH excluding ortho intramolecular Hbond substituents is 1. The predicted molar refractivity (Wildman–Crippen MR) is 76.7 cm³/mol. The van der Waals surface area contributed by atoms with E-state index in [4.69, 9.17) is 16.3 Å². The van der Waals surface area contributed by atoms with E-state index < -0.39 is 27.3 Å². The van der Waals surface area contributed by atoms with Gasteiger partial charge in [-0.3, -0.25) is 4.79 Å². The van der Waals surface area contributed by atoms with Crippen molar-refractivity contribution in [2.24, 2.45) is 0 Å². The number of esters is 1. The SMILES string of the molecule is CCOC(=O)CC1(NS(=O)(=O)c2cccc(Cl)c2O)CC1. The minimum absolute atomic E-state index is 0.0264. The molecule has 116 valence electrons. The Morgan fingerprint density at radius 3 is 2.71 bits per heavy atom. The van der Waals surface area contributed by atoms with Gasteiger partial charge in [0.25, 0.3) is 0 Å². The summed E-state index contributed by atoms with van der Waals surface area (Å²) < 4.78 is 31.9. The Morgan fingerprint density at radius 1 is 1.48 bits per heavy atom. The van der Waals surface area contributed by atoms with Gasteiger partial charge in [0.05, 0.1) is 18.1 Å². The normalized spacial score (nSPS) is 16.5. The molecule has 0 amide bonds. The summed E-state index contributed by atoms with van der Waals surface area (Å²) in [7, 11) is -3.96. The molecular weight excluding hydrogens is 318 g/mol. The molecule has 1 aromatic carbocycles. The second kappa shape index (κ2) is 5.82. The molecule has 1 aliphatic carbocycles. The summed E-state index contributed by atoms with van der Waals surface area (Å²) in [6.07, 6.45) is 1.07. The maximum atomic E-state index is 12.3. The summed E-state index contributed by atoms with van der Waals surface area (Å²) in [5.74, 6) is -0.952. The first-order valence-electron chi connectivity index (χ1n) is 6.47. The van der Waals surface area contributed by atoms with Crippen molar-refractivity contribution in [3.05, 3.63) is 23.2 Å². The molecule has 0 spiro atoms. The summed E-state index contributed by atoms with van der Waals surface area (Å²) in [5.41, 5.74) is -0.820. The fourth-order valence-corrected chi connectivity index (χ4v) is 3.82. The molecule has 1 fully saturated rings. The van der Waals surface area contributed by atoms with E-state index in [1.807, 2.05) is 0 Å². The van der Waals surface area contributed by atoms with Crippen molar-refractivity contribution < 1.29 is 23.1 Å². The van der Waals surface area contributed by atoms with Gasteiger partial charge in [-0.1, -0.05) is 17.7 Å². The van der Waals surface area contributed by atoms with Crippen LogP contribution >= 0.6 is 11.6 Å². The fourth-order valence-electron chi connectivity index (χ4n) is 2.01. The second-order valence-electron chi connectivity index (χ2n) is 4.95. The number of halogens is 1. The molecule has 1 aliphatic rings. The van der Waals surface area contributed by atoms with Crippen molar-refractivity contribution in [2.45, 2.75) is 36.6 Å². The van der Waals surface area contributed by atoms with Crippen LogP contribution in [0, 0.1) is 0 Å². The molecule has 0 saturated heterocycles. The molecule has 1 aromatic rings. The highest BCUT2D eigenvalue weighted by atomic mass is 35.5. The molecule has 2 rings (SSSR count). The number of carbonyl (C=O) groups is 1. The third-order valence-electron chi connectivity index (χ3n) is 3.23. The Morgan fingerprint density at radius 2 is 2.14 bits per heavy atom. The average Bonchev–Trinajstić information content (AvgIpc) is 3.11. The number of nitrogens with one attached hydrogen (secondary N) is 1. The largest absolute Gasteiger partial charge is 0.505 e. The van der Waals surface area contributed by atoms with E-state index in [9.17, 15) is 18.3 Å². The van der Waals surface area contributed by atoms with Gasteiger partial charge in [0.1, 0.15) is 4.90 Å². The van der Waals surface area contributed by atoms with Gasteiger partial charge < -0.3 is 9.84 Å². The van der Waals surface area contributed by atoms with Gasteiger partial charge in [-0.15, -0.1) is 0 Å². The van der Waals surface area contributed by atoms with Crippen LogP contribution in [0.3, 0.4) is 0 Å². The average molecular weight is 334 g/mol. The molecule has 0 radical (unpaired) electrons. The third kappa shape index (κ3) is 3.66. The second-order valence-corrected chi connectivity index (χ2v) is 7.01. The van der Waals surface area contributed by atoms with Crippen LogP contribution < -0.4 is 4.72 Å². The quantitative estimate of drug-likeness (QED) is 0.774. The lowest BCUT2D eigenvalue weighted by atomic mass is 10.2. The van der Waals surface area contributed by atoms with Gasteiger partial charge >= 0.3 is 5.97 Å². The maximum absolute atomic E-state index is 12.3. The summed E-state index contributed by atoms with van der Waals surface area (Å²) in [6, 6.07) is 4.08. The van der Waals surface area contributed by atoms with Crippen LogP contribution in [-0.2, 0) is 19.6 Å². The molecule has 8 heteroatoms. The Hall–Kier alpha value is -1.31. The Labute approximate surface area is 128 Å². The van der Waals surface area contributed by atoms with Crippen molar-refractivity contribution in [1.29, 1.82) is 0 Å². The van der Waals surface area contributed by atoms with Gasteiger partial charge in [-0.2, -0.15) is 0 Å². The predicted octanol–water partition coefficient (Wildman–Crippen LogP) is 1.81. The first-order chi connectivity index (χ1) is 9.80. The van der Waals surface area contributed by atoms with Gasteiger partial charge in [0.2, 0.25) is 10.0 Å². The van der Waals surface area contributed by atoms with Crippen molar-refractivity contribution in [3.8, 4) is 5.75 Å². The van der Waals surface area contributed by atoms with E-state index in [0.29, 0.717) is 12.8 Å². The smallest absolute Gasteiger partial charge is 0.307 e. The van der Waals surface area contributed by atoms with Crippen LogP contribution in [0.4, 0.5) is 0 Å². The highest BCUT2D eigenvalue weighted by Crippen LogP contribution is 2.41. The summed E-state index contributed by atoms with van der Waals surface area (Å²) in [5, 5.41) is 9.73. The fraction of sp³-hybridized carbons (Fsp3) is 0.462. The number of rotatable bonds is 6. The van der Waals surface area contributed by atoms with Gasteiger partial charge in [0.15, 0.2) is 5.75 Å². The van der Waals surface area contributed by atoms with E-state index in [1.165, 1.54) is 18.2 Å². The number of hydrogen-bond acceptors (Lipinski definition) is 5. The monoisotopic (exact) mass is 333 g/mol. The van der Waals surface area contributed by atoms with Crippen LogP contribution in [0.15, 0.2) is 23.1 Å². The van der Waals surface area contributed by atoms with Crippen LogP contribution in [0.5, 0.6) is 5.75 Å². The number of benzene rings is 1. The van der Waals surface area contributed by atoms with Crippen molar-refractivity contribution in [3.63, 3.8) is 0 Å². The summed E-state index contributed by atoms with van der Waals surface area (Å²) >= 11 is 5.72. The first kappa shape index (κ1) is 16.1. The topological polar surface area (TPSA) is 92.7 Å². The molecule has 0 heterocycles. The number of sulfonamides is 1. The lowest BCUT2D eigenvalue weighted by Crippen LogP contribution is -2.38. The van der Waals surface area contributed by atoms with Crippen molar-refractivity contribution in [2.75, 3.05) is 6.61 Å². The minimum atomic E-state index is -3.96. The van der Waals surface area contributed by atoms with Crippen LogP contribution in [-0.4, -0.2) is 31.6 Å². The zero-order valence-electron chi connectivity index (χ0n) is 11.4. The first-order valence-corrected chi connectivity index (χ1v) is 8.33. The Balaban J connectivity index is 2.18. The highest BCUT2D eigenvalue weighted by Gasteiger charge is 2.48. The van der Waals surface area contributed by atoms with E-state index in [-0.39, 0.29) is 22.9 Å². The summed E-state index contributed by atoms with van der Waals surface area (Å²) in [4.78, 5) is 11.2. The highest BCUT2D eigenvalue weighted by molar-refractivity contribution is 7.89. The lowest BCUT2D eigenvalue weighted by Gasteiger charge is -2.17. The molecule has 0 unspecified atom stereocenters. The van der Waals surface area contributed by atoms with Gasteiger partial charge in [0, 0.05) is 5.54 Å². The van der Waals surface area contributed by atoms with E-state index in [1.54, 1.807) is 6.92 Å². The number of phenols is 1. The lowest BCUT2D eigenvalue weighted by molar-refractivity contribution is -0.143. The minimum Gasteiger partial charge on any atom is -0.505 e. The molecule has 0 atom stereocenters. The van der Waals surface area contributed by atoms with Crippen LogP contribution in [0.1, 0.15) is 26.2 Å². The molecule has 21 heavy (non-hydrogen) atoms. The summed E-state index contributed by atoms with van der Waals surface area (Å²) in [6.45, 7) is 1.93. The number of aromatic hydroxyl groups is 1. The van der Waals surface area contributed by atoms with Crippen LogP contribution in [0.25, 0.3) is 0 Å². The van der Waals surface area contributed by atoms with Crippen molar-refractivity contribution >= 4 is 27.6 Å². The van der Waals surface area contributed by atoms with Crippen molar-refractivity contribution in [1.82, 2.24) is 4.72 Å². The number of para-hydroxylation sites is 1. The standard InChI is InChI=1S/C13H16ClNO5S/c1-2-20-11(16)8-13(6-7-13)15-21(18,19)10-5-3-4-9(14)12(10)17/h3-5,15,17H,2,6-8H2,1H3. The zero-order chi connectivity index (χ0) is 15.7. The Kier molecular flexibility index (Phi) is 4.46. The number of carbonyl (C=O) groups excluding carboxylic acids is 1. The molecule has 2 N–H and O–H groups in total. The Bertz CT molecular complexity index is 655. The molecule has 1 saturated carbocycles. The molecular formula is C13H16ClNO5S.